The fourth-order valence-electron chi connectivity index (χ4n) is 1.50. The van der Waals surface area contributed by atoms with Crippen molar-refractivity contribution < 1.29 is 14.6 Å². The van der Waals surface area contributed by atoms with Gasteiger partial charge in [0, 0.05) is 13.2 Å². The van der Waals surface area contributed by atoms with E-state index in [4.69, 9.17) is 22.1 Å². The van der Waals surface area contributed by atoms with Crippen LogP contribution in [0.4, 0.5) is 0 Å². The monoisotopic (exact) mass is 261 g/mol. The van der Waals surface area contributed by atoms with Crippen LogP contribution in [0.25, 0.3) is 0 Å². The van der Waals surface area contributed by atoms with Crippen LogP contribution < -0.4 is 16.2 Å². The summed E-state index contributed by atoms with van der Waals surface area (Å²) < 4.78 is 5.41. The van der Waals surface area contributed by atoms with E-state index in [-0.39, 0.29) is 18.4 Å². The average Bonchev–Trinajstić information content (AvgIpc) is 2.75. The molecule has 1 rings (SSSR count). The van der Waals surface area contributed by atoms with Gasteiger partial charge in [0.05, 0.1) is 18.6 Å². The van der Waals surface area contributed by atoms with E-state index < -0.39 is 6.10 Å². The van der Waals surface area contributed by atoms with Crippen molar-refractivity contribution in [3.8, 4) is 0 Å². The number of hydrogen-bond donors (Lipinski definition) is 4. The molecule has 0 aromatic rings. The summed E-state index contributed by atoms with van der Waals surface area (Å²) in [7, 11) is 0. The van der Waals surface area contributed by atoms with Crippen molar-refractivity contribution in [2.75, 3.05) is 13.2 Å². The van der Waals surface area contributed by atoms with Crippen LogP contribution in [0.5, 0.6) is 0 Å². The topological polar surface area (TPSA) is 82.6 Å². The van der Waals surface area contributed by atoms with Crippen LogP contribution in [-0.4, -0.2) is 41.5 Å². The summed E-state index contributed by atoms with van der Waals surface area (Å²) in [5.74, 6) is -0.304. The third kappa shape index (κ3) is 6.40. The number of aliphatic hydroxyl groups excluding tert-OH is 1. The largest absolute Gasteiger partial charge is 0.393 e. The molecule has 0 saturated carbocycles. The maximum atomic E-state index is 11.2. The molecule has 0 spiro atoms. The molecule has 1 fully saturated rings. The molecule has 0 aliphatic carbocycles. The lowest BCUT2D eigenvalue weighted by molar-refractivity contribution is -0.123. The predicted molar refractivity (Wildman–Crippen MR) is 67.2 cm³/mol. The SMILES string of the molecule is CC(O)CC(=O)NNC(=S)NCC1CCCO1. The second-order valence-corrected chi connectivity index (χ2v) is 4.48. The highest BCUT2D eigenvalue weighted by Gasteiger charge is 2.15. The zero-order valence-electron chi connectivity index (χ0n) is 9.86. The molecule has 1 heterocycles. The van der Waals surface area contributed by atoms with Crippen LogP contribution in [0.1, 0.15) is 26.2 Å². The van der Waals surface area contributed by atoms with E-state index in [0.29, 0.717) is 11.7 Å². The molecule has 0 aromatic heterocycles. The summed E-state index contributed by atoms with van der Waals surface area (Å²) in [6.07, 6.45) is 1.69. The van der Waals surface area contributed by atoms with Crippen molar-refractivity contribution >= 4 is 23.2 Å². The van der Waals surface area contributed by atoms with Gasteiger partial charge < -0.3 is 15.2 Å². The Morgan fingerprint density at radius 2 is 2.35 bits per heavy atom. The van der Waals surface area contributed by atoms with Gasteiger partial charge in [0.1, 0.15) is 0 Å². The minimum Gasteiger partial charge on any atom is -0.393 e. The van der Waals surface area contributed by atoms with E-state index in [0.717, 1.165) is 19.4 Å². The van der Waals surface area contributed by atoms with E-state index in [1.165, 1.54) is 0 Å². The number of carbonyl (C=O) groups is 1. The summed E-state index contributed by atoms with van der Waals surface area (Å²) >= 11 is 4.97. The molecule has 7 heteroatoms. The number of nitrogens with one attached hydrogen (secondary N) is 3. The van der Waals surface area contributed by atoms with Gasteiger partial charge in [-0.15, -0.1) is 0 Å². The Labute approximate surface area is 106 Å². The van der Waals surface area contributed by atoms with Gasteiger partial charge in [0.25, 0.3) is 0 Å². The Morgan fingerprint density at radius 1 is 1.59 bits per heavy atom. The van der Waals surface area contributed by atoms with Gasteiger partial charge in [0.15, 0.2) is 5.11 Å². The molecule has 0 radical (unpaired) electrons. The van der Waals surface area contributed by atoms with Gasteiger partial charge in [-0.25, -0.2) is 0 Å². The maximum Gasteiger partial charge on any atom is 0.240 e. The zero-order chi connectivity index (χ0) is 12.7. The van der Waals surface area contributed by atoms with E-state index >= 15 is 0 Å². The van der Waals surface area contributed by atoms with Crippen LogP contribution in [0.15, 0.2) is 0 Å². The normalized spacial score (nSPS) is 20.7. The standard InChI is InChI=1S/C10H19N3O3S/c1-7(14)5-9(15)12-13-10(17)11-6-8-3-2-4-16-8/h7-8,14H,2-6H2,1H3,(H,12,15)(H2,11,13,17). The Balaban J connectivity index is 2.06. The average molecular weight is 261 g/mol. The van der Waals surface area contributed by atoms with Crippen molar-refractivity contribution in [1.29, 1.82) is 0 Å². The first kappa shape index (κ1) is 14.1. The number of hydrogen-bond acceptors (Lipinski definition) is 4. The lowest BCUT2D eigenvalue weighted by Gasteiger charge is -2.14. The molecule has 17 heavy (non-hydrogen) atoms. The molecule has 2 unspecified atom stereocenters. The molecule has 1 aliphatic heterocycles. The minimum absolute atomic E-state index is 0.0430. The molecule has 1 saturated heterocycles. The maximum absolute atomic E-state index is 11.2. The molecule has 0 aromatic carbocycles. The Morgan fingerprint density at radius 3 is 2.94 bits per heavy atom. The molecule has 98 valence electrons. The van der Waals surface area contributed by atoms with E-state index in [1.807, 2.05) is 0 Å². The first-order valence-corrected chi connectivity index (χ1v) is 6.11. The number of thiocarbonyl (C=S) groups is 1. The van der Waals surface area contributed by atoms with E-state index in [2.05, 4.69) is 16.2 Å². The second kappa shape index (κ2) is 7.41. The van der Waals surface area contributed by atoms with Crippen LogP contribution in [0, 0.1) is 0 Å². The number of carbonyl (C=O) groups excluding carboxylic acids is 1. The number of amides is 1. The summed E-state index contributed by atoms with van der Waals surface area (Å²) in [4.78, 5) is 11.2. The van der Waals surface area contributed by atoms with E-state index in [9.17, 15) is 4.79 Å². The highest BCUT2D eigenvalue weighted by atomic mass is 32.1. The molecule has 1 amide bonds. The Bertz CT molecular complexity index is 268. The predicted octanol–water partition coefficient (Wildman–Crippen LogP) is -0.568. The van der Waals surface area contributed by atoms with Crippen molar-refractivity contribution in [3.63, 3.8) is 0 Å². The molecule has 0 bridgehead atoms. The Kier molecular flexibility index (Phi) is 6.17. The molecule has 4 N–H and O–H groups in total. The van der Waals surface area contributed by atoms with Gasteiger partial charge in [-0.2, -0.15) is 0 Å². The van der Waals surface area contributed by atoms with Gasteiger partial charge in [0.2, 0.25) is 5.91 Å². The smallest absolute Gasteiger partial charge is 0.240 e. The molecule has 1 aliphatic rings. The van der Waals surface area contributed by atoms with Gasteiger partial charge in [-0.1, -0.05) is 0 Å². The first-order valence-electron chi connectivity index (χ1n) is 5.70. The fraction of sp³-hybridized carbons (Fsp3) is 0.800. The number of ether oxygens (including phenoxy) is 1. The number of rotatable bonds is 4. The van der Waals surface area contributed by atoms with Crippen molar-refractivity contribution in [2.45, 2.75) is 38.4 Å². The summed E-state index contributed by atoms with van der Waals surface area (Å²) in [5.41, 5.74) is 4.96. The molecular formula is C10H19N3O3S. The van der Waals surface area contributed by atoms with Crippen LogP contribution in [0.3, 0.4) is 0 Å². The highest BCUT2D eigenvalue weighted by Crippen LogP contribution is 2.10. The van der Waals surface area contributed by atoms with Gasteiger partial charge in [-0.3, -0.25) is 15.6 Å². The zero-order valence-corrected chi connectivity index (χ0v) is 10.7. The summed E-state index contributed by atoms with van der Waals surface area (Å²) in [5, 5.41) is 12.3. The molecule has 6 nitrogen and oxygen atoms in total. The third-order valence-corrected chi connectivity index (χ3v) is 2.56. The molecular weight excluding hydrogens is 242 g/mol. The van der Waals surface area contributed by atoms with Crippen LogP contribution >= 0.6 is 12.2 Å². The van der Waals surface area contributed by atoms with Crippen molar-refractivity contribution in [1.82, 2.24) is 16.2 Å². The second-order valence-electron chi connectivity index (χ2n) is 4.07. The first-order chi connectivity index (χ1) is 8.08. The van der Waals surface area contributed by atoms with Crippen LogP contribution in [0.2, 0.25) is 0 Å². The lowest BCUT2D eigenvalue weighted by atomic mass is 10.2. The van der Waals surface area contributed by atoms with Crippen molar-refractivity contribution in [2.24, 2.45) is 0 Å². The molecule has 2 atom stereocenters. The van der Waals surface area contributed by atoms with Crippen LogP contribution in [-0.2, 0) is 9.53 Å². The number of aliphatic hydroxyl groups is 1. The number of hydrazine groups is 1. The minimum atomic E-state index is -0.662. The fourth-order valence-corrected chi connectivity index (χ4v) is 1.64. The lowest BCUT2D eigenvalue weighted by Crippen LogP contribution is -2.48. The highest BCUT2D eigenvalue weighted by molar-refractivity contribution is 7.80. The van der Waals surface area contributed by atoms with Crippen molar-refractivity contribution in [3.05, 3.63) is 0 Å². The third-order valence-electron chi connectivity index (χ3n) is 2.31. The van der Waals surface area contributed by atoms with E-state index in [1.54, 1.807) is 6.92 Å². The Hall–Kier alpha value is -0.920. The van der Waals surface area contributed by atoms with Gasteiger partial charge in [-0.05, 0) is 32.0 Å². The quantitative estimate of drug-likeness (QED) is 0.401. The summed E-state index contributed by atoms with van der Waals surface area (Å²) in [6.45, 7) is 2.99. The van der Waals surface area contributed by atoms with Gasteiger partial charge >= 0.3 is 0 Å². The summed E-state index contributed by atoms with van der Waals surface area (Å²) in [6, 6.07) is 0.